The summed E-state index contributed by atoms with van der Waals surface area (Å²) < 4.78 is 21.5. The Kier molecular flexibility index (Phi) is 5.03. The zero-order valence-electron chi connectivity index (χ0n) is 15.0. The molecule has 0 radical (unpaired) electrons. The first-order valence-corrected chi connectivity index (χ1v) is 8.12. The lowest BCUT2D eigenvalue weighted by Crippen LogP contribution is -2.22. The summed E-state index contributed by atoms with van der Waals surface area (Å²) >= 11 is 0. The molecule has 1 aliphatic heterocycles. The first-order valence-electron chi connectivity index (χ1n) is 8.12. The monoisotopic (exact) mass is 370 g/mol. The number of fused-ring (bicyclic) bond motifs is 1. The van der Waals surface area contributed by atoms with Gasteiger partial charge in [-0.25, -0.2) is 4.79 Å². The molecule has 3 rings (SSSR count). The summed E-state index contributed by atoms with van der Waals surface area (Å²) in [7, 11) is 3.08. The molecule has 1 unspecified atom stereocenters. The lowest BCUT2D eigenvalue weighted by molar-refractivity contribution is -0.144. The Hall–Kier alpha value is -3.48. The third-order valence-electron chi connectivity index (χ3n) is 4.03. The van der Waals surface area contributed by atoms with E-state index in [0.29, 0.717) is 34.1 Å². The predicted octanol–water partition coefficient (Wildman–Crippen LogP) is 3.17. The molecule has 1 aliphatic rings. The number of ketones is 1. The van der Waals surface area contributed by atoms with Crippen molar-refractivity contribution in [2.75, 3.05) is 14.2 Å². The lowest BCUT2D eigenvalue weighted by Gasteiger charge is -2.10. The molecule has 0 aliphatic carbocycles. The number of Topliss-reactive ketones (excluding diaryl/α,β-unsaturated/α-hetero) is 1. The van der Waals surface area contributed by atoms with Crippen LogP contribution < -0.4 is 18.9 Å². The van der Waals surface area contributed by atoms with Crippen LogP contribution in [0.25, 0.3) is 6.08 Å². The van der Waals surface area contributed by atoms with Crippen molar-refractivity contribution in [3.63, 3.8) is 0 Å². The van der Waals surface area contributed by atoms with Crippen LogP contribution >= 0.6 is 0 Å². The number of carboxylic acids is 1. The number of methoxy groups -OCH3 is 2. The number of rotatable bonds is 6. The summed E-state index contributed by atoms with van der Waals surface area (Å²) in [5.41, 5.74) is 1.04. The lowest BCUT2D eigenvalue weighted by atomic mass is 10.1. The summed E-state index contributed by atoms with van der Waals surface area (Å²) in [6, 6.07) is 9.80. The van der Waals surface area contributed by atoms with Crippen LogP contribution in [0.15, 0.2) is 42.2 Å². The number of ether oxygens (including phenoxy) is 4. The smallest absolute Gasteiger partial charge is 0.344 e. The number of carbonyl (C=O) groups excluding carboxylic acids is 1. The van der Waals surface area contributed by atoms with E-state index in [4.69, 9.17) is 24.1 Å². The van der Waals surface area contributed by atoms with E-state index in [1.54, 1.807) is 37.5 Å². The van der Waals surface area contributed by atoms with Crippen LogP contribution in [-0.4, -0.2) is 37.2 Å². The number of allylic oxidation sites excluding steroid dienone is 1. The van der Waals surface area contributed by atoms with E-state index in [0.717, 1.165) is 0 Å². The van der Waals surface area contributed by atoms with Crippen LogP contribution in [-0.2, 0) is 4.79 Å². The second-order valence-corrected chi connectivity index (χ2v) is 5.80. The molecule has 1 atom stereocenters. The van der Waals surface area contributed by atoms with Gasteiger partial charge in [-0.05, 0) is 37.3 Å². The van der Waals surface area contributed by atoms with Crippen LogP contribution in [0.4, 0.5) is 0 Å². The number of hydrogen-bond acceptors (Lipinski definition) is 6. The van der Waals surface area contributed by atoms with Crippen LogP contribution in [0.3, 0.4) is 0 Å². The van der Waals surface area contributed by atoms with Gasteiger partial charge in [-0.3, -0.25) is 4.79 Å². The molecular weight excluding hydrogens is 352 g/mol. The highest BCUT2D eigenvalue weighted by Crippen LogP contribution is 2.36. The number of aliphatic carboxylic acids is 1. The minimum Gasteiger partial charge on any atom is -0.497 e. The Balaban J connectivity index is 1.88. The zero-order chi connectivity index (χ0) is 19.6. The van der Waals surface area contributed by atoms with Crippen molar-refractivity contribution < 1.29 is 33.6 Å². The molecule has 27 heavy (non-hydrogen) atoms. The largest absolute Gasteiger partial charge is 0.497 e. The van der Waals surface area contributed by atoms with Gasteiger partial charge >= 0.3 is 5.97 Å². The molecule has 0 bridgehead atoms. The van der Waals surface area contributed by atoms with E-state index < -0.39 is 12.1 Å². The number of benzene rings is 2. The maximum atomic E-state index is 12.6. The van der Waals surface area contributed by atoms with E-state index in [9.17, 15) is 9.59 Å². The molecule has 7 nitrogen and oxygen atoms in total. The summed E-state index contributed by atoms with van der Waals surface area (Å²) in [6.07, 6.45) is 0.569. The summed E-state index contributed by atoms with van der Waals surface area (Å²) in [5, 5.41) is 8.93. The Bertz CT molecular complexity index is 930. The van der Waals surface area contributed by atoms with Crippen molar-refractivity contribution in [2.24, 2.45) is 0 Å². The van der Waals surface area contributed by atoms with Gasteiger partial charge in [0.05, 0.1) is 19.8 Å². The van der Waals surface area contributed by atoms with Crippen LogP contribution in [0, 0.1) is 0 Å². The minimum absolute atomic E-state index is 0.136. The number of carboxylic acid groups (broad SMARTS) is 1. The van der Waals surface area contributed by atoms with Gasteiger partial charge in [0.25, 0.3) is 0 Å². The Morgan fingerprint density at radius 2 is 1.85 bits per heavy atom. The van der Waals surface area contributed by atoms with Gasteiger partial charge in [0.15, 0.2) is 11.9 Å². The molecule has 1 heterocycles. The molecule has 140 valence electrons. The normalized spacial score (nSPS) is 15.1. The van der Waals surface area contributed by atoms with Gasteiger partial charge in [-0.15, -0.1) is 0 Å². The molecule has 1 N–H and O–H groups in total. The maximum Gasteiger partial charge on any atom is 0.344 e. The average Bonchev–Trinajstić information content (AvgIpc) is 2.97. The average molecular weight is 370 g/mol. The Labute approximate surface area is 155 Å². The fourth-order valence-corrected chi connectivity index (χ4v) is 2.57. The topological polar surface area (TPSA) is 91.3 Å². The molecule has 0 amide bonds. The second-order valence-electron chi connectivity index (χ2n) is 5.80. The van der Waals surface area contributed by atoms with Crippen LogP contribution in [0.1, 0.15) is 22.8 Å². The van der Waals surface area contributed by atoms with Gasteiger partial charge in [0.1, 0.15) is 23.0 Å². The van der Waals surface area contributed by atoms with Crippen molar-refractivity contribution in [3.8, 4) is 23.0 Å². The zero-order valence-corrected chi connectivity index (χ0v) is 15.0. The quantitative estimate of drug-likeness (QED) is 0.781. The molecule has 7 heteroatoms. The van der Waals surface area contributed by atoms with Crippen molar-refractivity contribution in [1.82, 2.24) is 0 Å². The van der Waals surface area contributed by atoms with Gasteiger partial charge in [0.2, 0.25) is 5.78 Å². The first kappa shape index (κ1) is 18.3. The molecular formula is C20H18O7. The highest BCUT2D eigenvalue weighted by molar-refractivity contribution is 6.14. The van der Waals surface area contributed by atoms with E-state index in [1.165, 1.54) is 26.2 Å². The summed E-state index contributed by atoms with van der Waals surface area (Å²) in [6.45, 7) is 1.42. The summed E-state index contributed by atoms with van der Waals surface area (Å²) in [4.78, 5) is 23.5. The number of carbonyl (C=O) groups is 2. The van der Waals surface area contributed by atoms with Crippen molar-refractivity contribution >= 4 is 17.8 Å². The fraction of sp³-hybridized carbons (Fsp3) is 0.200. The fourth-order valence-electron chi connectivity index (χ4n) is 2.57. The Morgan fingerprint density at radius 1 is 1.11 bits per heavy atom. The second kappa shape index (κ2) is 7.41. The molecule has 0 fully saturated rings. The first-order chi connectivity index (χ1) is 12.9. The van der Waals surface area contributed by atoms with Gasteiger partial charge < -0.3 is 24.1 Å². The molecule has 0 saturated carbocycles. The van der Waals surface area contributed by atoms with Crippen LogP contribution in [0.5, 0.6) is 23.0 Å². The van der Waals surface area contributed by atoms with Crippen molar-refractivity contribution in [3.05, 3.63) is 53.3 Å². The molecule has 0 spiro atoms. The molecule has 0 saturated heterocycles. The van der Waals surface area contributed by atoms with Gasteiger partial charge in [-0.1, -0.05) is 0 Å². The highest BCUT2D eigenvalue weighted by atomic mass is 16.5. The van der Waals surface area contributed by atoms with E-state index in [-0.39, 0.29) is 11.5 Å². The van der Waals surface area contributed by atoms with E-state index >= 15 is 0 Å². The molecule has 2 aromatic carbocycles. The Morgan fingerprint density at radius 3 is 2.52 bits per heavy atom. The van der Waals surface area contributed by atoms with E-state index in [1.807, 2.05) is 0 Å². The minimum atomic E-state index is -1.08. The standard InChI is InChI=1S/C20H18O7/c1-11(20(22)23)26-14-6-7-15-17(10-14)27-18(19(15)21)8-12-4-5-13(24-2)9-16(12)25-3/h4-11H,1-3H3,(H,22,23). The van der Waals surface area contributed by atoms with E-state index in [2.05, 4.69) is 0 Å². The maximum absolute atomic E-state index is 12.6. The molecule has 2 aromatic rings. The van der Waals surface area contributed by atoms with Crippen molar-refractivity contribution in [1.29, 1.82) is 0 Å². The molecule has 0 aromatic heterocycles. The van der Waals surface area contributed by atoms with Gasteiger partial charge in [-0.2, -0.15) is 0 Å². The third-order valence-corrected chi connectivity index (χ3v) is 4.03. The third kappa shape index (κ3) is 3.72. The van der Waals surface area contributed by atoms with Gasteiger partial charge in [0, 0.05) is 17.7 Å². The van der Waals surface area contributed by atoms with Crippen molar-refractivity contribution in [2.45, 2.75) is 13.0 Å². The number of hydrogen-bond donors (Lipinski definition) is 1. The van der Waals surface area contributed by atoms with Crippen LogP contribution in [0.2, 0.25) is 0 Å². The predicted molar refractivity (Wildman–Crippen MR) is 96.6 cm³/mol. The highest BCUT2D eigenvalue weighted by Gasteiger charge is 2.28. The summed E-state index contributed by atoms with van der Waals surface area (Å²) in [5.74, 6) is 0.560. The SMILES string of the molecule is COc1ccc(C=C2Oc3cc(OC(C)C(=O)O)ccc3C2=O)c(OC)c1.